The fourth-order valence-electron chi connectivity index (χ4n) is 3.37. The molecular formula is C20H33Cl2N3O3. The number of hydrogen-bond acceptors (Lipinski definition) is 5. The van der Waals surface area contributed by atoms with Crippen LogP contribution in [0.4, 0.5) is 0 Å². The summed E-state index contributed by atoms with van der Waals surface area (Å²) in [6.07, 6.45) is 2.85. The fraction of sp³-hybridized carbons (Fsp3) is 0.550. The summed E-state index contributed by atoms with van der Waals surface area (Å²) in [6.45, 7) is 10.3. The van der Waals surface area contributed by atoms with Gasteiger partial charge in [-0.15, -0.1) is 24.8 Å². The SMILES string of the molecule is COc1cc(CNCCCNC(=O)C2=CC(C)(C)NC2(C)C)ccc1O.Cl.Cl. The van der Waals surface area contributed by atoms with E-state index in [-0.39, 0.29) is 47.5 Å². The van der Waals surface area contributed by atoms with E-state index in [1.54, 1.807) is 6.07 Å². The molecule has 160 valence electrons. The Hall–Kier alpha value is -1.47. The first-order valence-corrected chi connectivity index (χ1v) is 9.02. The highest BCUT2D eigenvalue weighted by atomic mass is 35.5. The van der Waals surface area contributed by atoms with Crippen molar-refractivity contribution in [2.45, 2.75) is 51.7 Å². The first kappa shape index (κ1) is 26.5. The van der Waals surface area contributed by atoms with Gasteiger partial charge in [0, 0.05) is 29.7 Å². The van der Waals surface area contributed by atoms with Crippen molar-refractivity contribution in [3.8, 4) is 11.5 Å². The zero-order valence-corrected chi connectivity index (χ0v) is 18.9. The van der Waals surface area contributed by atoms with E-state index in [9.17, 15) is 9.90 Å². The van der Waals surface area contributed by atoms with E-state index in [2.05, 4.69) is 29.8 Å². The maximum Gasteiger partial charge on any atom is 0.248 e. The molecule has 1 amide bonds. The molecule has 1 aromatic carbocycles. The van der Waals surface area contributed by atoms with Crippen LogP contribution in [0.3, 0.4) is 0 Å². The van der Waals surface area contributed by atoms with Crippen molar-refractivity contribution < 1.29 is 14.6 Å². The van der Waals surface area contributed by atoms with Gasteiger partial charge in [-0.3, -0.25) is 10.1 Å². The van der Waals surface area contributed by atoms with Crippen molar-refractivity contribution in [1.29, 1.82) is 0 Å². The normalized spacial score (nSPS) is 16.4. The van der Waals surface area contributed by atoms with E-state index >= 15 is 0 Å². The maximum absolute atomic E-state index is 12.4. The van der Waals surface area contributed by atoms with Crippen molar-refractivity contribution in [3.05, 3.63) is 35.4 Å². The standard InChI is InChI=1S/C20H31N3O3.2ClH/c1-19(2)12-15(20(3,4)23-19)18(25)22-10-6-9-21-13-14-7-8-16(24)17(11-14)26-5;;/h7-8,11-12,21,23-24H,6,9-10,13H2,1-5H3,(H,22,25);2*1H. The number of halogens is 2. The number of carbonyl (C=O) groups excluding carboxylic acids is 1. The predicted molar refractivity (Wildman–Crippen MR) is 118 cm³/mol. The quantitative estimate of drug-likeness (QED) is 0.473. The first-order chi connectivity index (χ1) is 12.1. The molecule has 0 bridgehead atoms. The minimum absolute atomic E-state index is 0. The molecule has 0 saturated carbocycles. The second-order valence-corrected chi connectivity index (χ2v) is 7.82. The number of nitrogens with one attached hydrogen (secondary N) is 3. The molecular weight excluding hydrogens is 401 g/mol. The van der Waals surface area contributed by atoms with Crippen molar-refractivity contribution in [2.75, 3.05) is 20.2 Å². The van der Waals surface area contributed by atoms with Crippen LogP contribution in [-0.4, -0.2) is 42.3 Å². The molecule has 0 unspecified atom stereocenters. The highest BCUT2D eigenvalue weighted by molar-refractivity contribution is 5.96. The number of phenolic OH excluding ortho intramolecular Hbond substituents is 1. The summed E-state index contributed by atoms with van der Waals surface area (Å²) in [5, 5.41) is 19.4. The molecule has 0 aliphatic carbocycles. The zero-order valence-electron chi connectivity index (χ0n) is 17.2. The number of amides is 1. The van der Waals surface area contributed by atoms with E-state index in [1.807, 2.05) is 32.1 Å². The third kappa shape index (κ3) is 7.17. The highest BCUT2D eigenvalue weighted by Gasteiger charge is 2.39. The van der Waals surface area contributed by atoms with Crippen molar-refractivity contribution in [3.63, 3.8) is 0 Å². The van der Waals surface area contributed by atoms with Gasteiger partial charge in [0.1, 0.15) is 0 Å². The lowest BCUT2D eigenvalue weighted by Crippen LogP contribution is -2.47. The smallest absolute Gasteiger partial charge is 0.248 e. The van der Waals surface area contributed by atoms with Crippen LogP contribution in [0.5, 0.6) is 11.5 Å². The lowest BCUT2D eigenvalue weighted by atomic mass is 9.96. The van der Waals surface area contributed by atoms with Gasteiger partial charge >= 0.3 is 0 Å². The van der Waals surface area contributed by atoms with Gasteiger partial charge in [-0.1, -0.05) is 12.1 Å². The third-order valence-corrected chi connectivity index (χ3v) is 4.45. The molecule has 2 rings (SSSR count). The van der Waals surface area contributed by atoms with Gasteiger partial charge in [-0.05, 0) is 58.4 Å². The van der Waals surface area contributed by atoms with Crippen LogP contribution in [0, 0.1) is 0 Å². The molecule has 6 nitrogen and oxygen atoms in total. The Morgan fingerprint density at radius 3 is 2.43 bits per heavy atom. The lowest BCUT2D eigenvalue weighted by molar-refractivity contribution is -0.118. The average Bonchev–Trinajstić information content (AvgIpc) is 2.79. The second-order valence-electron chi connectivity index (χ2n) is 7.82. The Balaban J connectivity index is 0.00000364. The Morgan fingerprint density at radius 1 is 1.18 bits per heavy atom. The first-order valence-electron chi connectivity index (χ1n) is 9.02. The number of aromatic hydroxyl groups is 1. The Bertz CT molecular complexity index is 691. The van der Waals surface area contributed by atoms with Crippen LogP contribution >= 0.6 is 24.8 Å². The number of hydrogen-bond donors (Lipinski definition) is 4. The molecule has 8 heteroatoms. The summed E-state index contributed by atoms with van der Waals surface area (Å²) in [5.74, 6) is 0.609. The summed E-state index contributed by atoms with van der Waals surface area (Å²) < 4.78 is 5.10. The zero-order chi connectivity index (χ0) is 19.4. The number of methoxy groups -OCH3 is 1. The van der Waals surface area contributed by atoms with E-state index in [4.69, 9.17) is 4.74 Å². The highest BCUT2D eigenvalue weighted by Crippen LogP contribution is 2.29. The number of carbonyl (C=O) groups is 1. The van der Waals surface area contributed by atoms with Crippen LogP contribution in [0.15, 0.2) is 29.8 Å². The van der Waals surface area contributed by atoms with Crippen LogP contribution in [0.25, 0.3) is 0 Å². The third-order valence-electron chi connectivity index (χ3n) is 4.45. The van der Waals surface area contributed by atoms with Crippen molar-refractivity contribution in [2.24, 2.45) is 0 Å². The monoisotopic (exact) mass is 433 g/mol. The maximum atomic E-state index is 12.4. The van der Waals surface area contributed by atoms with Gasteiger partial charge in [0.25, 0.3) is 0 Å². The molecule has 1 aliphatic heterocycles. The molecule has 1 aromatic rings. The molecule has 0 fully saturated rings. The minimum atomic E-state index is -0.316. The fourth-order valence-corrected chi connectivity index (χ4v) is 3.37. The van der Waals surface area contributed by atoms with Crippen LogP contribution in [0.1, 0.15) is 39.7 Å². The van der Waals surface area contributed by atoms with Gasteiger partial charge in [0.2, 0.25) is 5.91 Å². The Labute approximate surface area is 180 Å². The summed E-state index contributed by atoms with van der Waals surface area (Å²) >= 11 is 0. The number of benzene rings is 1. The lowest BCUT2D eigenvalue weighted by Gasteiger charge is -2.27. The van der Waals surface area contributed by atoms with Gasteiger partial charge in [0.15, 0.2) is 11.5 Å². The van der Waals surface area contributed by atoms with Gasteiger partial charge < -0.3 is 20.5 Å². The molecule has 4 N–H and O–H groups in total. The van der Waals surface area contributed by atoms with Crippen LogP contribution in [-0.2, 0) is 11.3 Å². The molecule has 1 heterocycles. The summed E-state index contributed by atoms with van der Waals surface area (Å²) in [5.41, 5.74) is 1.36. The average molecular weight is 434 g/mol. The van der Waals surface area contributed by atoms with Crippen molar-refractivity contribution in [1.82, 2.24) is 16.0 Å². The van der Waals surface area contributed by atoms with E-state index in [0.29, 0.717) is 18.8 Å². The van der Waals surface area contributed by atoms with Gasteiger partial charge in [0.05, 0.1) is 7.11 Å². The molecule has 0 radical (unpaired) electrons. The van der Waals surface area contributed by atoms with E-state index in [1.165, 1.54) is 7.11 Å². The van der Waals surface area contributed by atoms with E-state index in [0.717, 1.165) is 24.1 Å². The number of rotatable bonds is 8. The van der Waals surface area contributed by atoms with Crippen molar-refractivity contribution >= 4 is 30.7 Å². The summed E-state index contributed by atoms with van der Waals surface area (Å²) in [4.78, 5) is 12.4. The largest absolute Gasteiger partial charge is 0.504 e. The molecule has 0 aromatic heterocycles. The molecule has 28 heavy (non-hydrogen) atoms. The molecule has 1 aliphatic rings. The van der Waals surface area contributed by atoms with Crippen LogP contribution < -0.4 is 20.7 Å². The van der Waals surface area contributed by atoms with E-state index < -0.39 is 0 Å². The Morgan fingerprint density at radius 2 is 1.86 bits per heavy atom. The molecule has 0 atom stereocenters. The predicted octanol–water partition coefficient (Wildman–Crippen LogP) is 2.93. The number of ether oxygens (including phenoxy) is 1. The molecule has 0 spiro atoms. The molecule has 0 saturated heterocycles. The van der Waals surface area contributed by atoms with Crippen LogP contribution in [0.2, 0.25) is 0 Å². The van der Waals surface area contributed by atoms with Gasteiger partial charge in [-0.2, -0.15) is 0 Å². The van der Waals surface area contributed by atoms with Gasteiger partial charge in [-0.25, -0.2) is 0 Å². The second kappa shape index (κ2) is 10.9. The minimum Gasteiger partial charge on any atom is -0.504 e. The summed E-state index contributed by atoms with van der Waals surface area (Å²) in [7, 11) is 1.53. The number of phenols is 1. The summed E-state index contributed by atoms with van der Waals surface area (Å²) in [6, 6.07) is 5.30. The topological polar surface area (TPSA) is 82.6 Å². The Kier molecular flexibility index (Phi) is 10.3.